The van der Waals surface area contributed by atoms with Crippen LogP contribution in [0.25, 0.3) is 0 Å². The Kier molecular flexibility index (Phi) is 8.08. The maximum absolute atomic E-state index is 12.4. The zero-order valence-electron chi connectivity index (χ0n) is 16.5. The Morgan fingerprint density at radius 2 is 1.77 bits per heavy atom. The molecule has 0 heterocycles. The van der Waals surface area contributed by atoms with Crippen molar-refractivity contribution in [2.75, 3.05) is 7.11 Å². The van der Waals surface area contributed by atoms with Crippen molar-refractivity contribution in [1.82, 2.24) is 5.43 Å². The summed E-state index contributed by atoms with van der Waals surface area (Å²) in [5.74, 6) is 1.03. The molecule has 3 rings (SSSR count). The first-order valence-corrected chi connectivity index (χ1v) is 11.3. The molecular weight excluding hydrogens is 606 g/mol. The molecule has 0 aliphatic carbocycles. The molecule has 30 heavy (non-hydrogen) atoms. The number of hydrogen-bond donors (Lipinski definition) is 1. The number of carbonyl (C=O) groups excluding carboxylic acids is 1. The van der Waals surface area contributed by atoms with Crippen LogP contribution in [0.3, 0.4) is 0 Å². The fourth-order valence-corrected chi connectivity index (χ4v) is 4.86. The lowest BCUT2D eigenvalue weighted by molar-refractivity contribution is 0.0952. The van der Waals surface area contributed by atoms with Gasteiger partial charge in [0.25, 0.3) is 5.91 Å². The van der Waals surface area contributed by atoms with E-state index >= 15 is 0 Å². The van der Waals surface area contributed by atoms with E-state index in [2.05, 4.69) is 55.7 Å². The highest BCUT2D eigenvalue weighted by molar-refractivity contribution is 14.1. The number of rotatable bonds is 7. The molecule has 0 spiro atoms. The molecule has 0 radical (unpaired) electrons. The van der Waals surface area contributed by atoms with Crippen molar-refractivity contribution in [3.63, 3.8) is 0 Å². The molecule has 0 aliphatic rings. The van der Waals surface area contributed by atoms with Gasteiger partial charge < -0.3 is 9.47 Å². The van der Waals surface area contributed by atoms with Crippen molar-refractivity contribution < 1.29 is 14.3 Å². The van der Waals surface area contributed by atoms with Gasteiger partial charge in [0.1, 0.15) is 18.1 Å². The molecule has 0 bridgehead atoms. The number of aryl methyl sites for hydroxylation is 1. The number of ether oxygens (including phenoxy) is 2. The molecule has 3 aromatic rings. The third-order valence-corrected chi connectivity index (χ3v) is 5.83. The van der Waals surface area contributed by atoms with E-state index in [9.17, 15) is 4.79 Å². The second kappa shape index (κ2) is 10.8. The van der Waals surface area contributed by atoms with Crippen molar-refractivity contribution in [3.8, 4) is 11.5 Å². The first kappa shape index (κ1) is 22.5. The summed E-state index contributed by atoms with van der Waals surface area (Å²) in [6.45, 7) is 2.45. The van der Waals surface area contributed by atoms with E-state index in [1.807, 2.05) is 61.5 Å². The van der Waals surface area contributed by atoms with E-state index in [1.165, 1.54) is 0 Å². The summed E-state index contributed by atoms with van der Waals surface area (Å²) in [5, 5.41) is 4.09. The van der Waals surface area contributed by atoms with E-state index in [0.717, 1.165) is 29.6 Å². The van der Waals surface area contributed by atoms with Gasteiger partial charge in [0, 0.05) is 0 Å². The zero-order valence-corrected chi connectivity index (χ0v) is 20.8. The number of hydrogen-bond acceptors (Lipinski definition) is 4. The Labute approximate surface area is 203 Å². The first-order chi connectivity index (χ1) is 14.5. The Morgan fingerprint density at radius 3 is 2.43 bits per heavy atom. The van der Waals surface area contributed by atoms with Crippen LogP contribution in [0, 0.1) is 14.1 Å². The molecule has 154 valence electrons. The van der Waals surface area contributed by atoms with Crippen LogP contribution < -0.4 is 14.9 Å². The molecule has 0 aromatic heterocycles. The monoisotopic (exact) mass is 626 g/mol. The molecule has 1 amide bonds. The van der Waals surface area contributed by atoms with Crippen molar-refractivity contribution in [2.45, 2.75) is 13.5 Å². The topological polar surface area (TPSA) is 59.9 Å². The number of methoxy groups -OCH3 is 1. The van der Waals surface area contributed by atoms with Gasteiger partial charge >= 0.3 is 0 Å². The molecule has 0 aliphatic heterocycles. The van der Waals surface area contributed by atoms with Gasteiger partial charge in [-0.3, -0.25) is 4.79 Å². The van der Waals surface area contributed by atoms with Crippen LogP contribution in [0.2, 0.25) is 0 Å². The lowest BCUT2D eigenvalue weighted by Crippen LogP contribution is -2.18. The lowest BCUT2D eigenvalue weighted by Gasteiger charge is -2.11. The third kappa shape index (κ3) is 5.94. The van der Waals surface area contributed by atoms with Crippen LogP contribution in [0.15, 0.2) is 65.8 Å². The maximum atomic E-state index is 12.4. The summed E-state index contributed by atoms with van der Waals surface area (Å²) in [6, 6.07) is 19.4. The fourth-order valence-electron chi connectivity index (χ4n) is 2.73. The SMILES string of the molecule is COc1cc(C)ccc1C(=O)N/N=C\c1cc(I)c(OCc2ccccc2)c(I)c1. The Morgan fingerprint density at radius 1 is 1.07 bits per heavy atom. The quantitative estimate of drug-likeness (QED) is 0.213. The van der Waals surface area contributed by atoms with Crippen molar-refractivity contribution in [1.29, 1.82) is 0 Å². The summed E-state index contributed by atoms with van der Waals surface area (Å²) < 4.78 is 13.2. The van der Waals surface area contributed by atoms with Crippen molar-refractivity contribution in [2.24, 2.45) is 5.10 Å². The summed E-state index contributed by atoms with van der Waals surface area (Å²) in [7, 11) is 1.54. The predicted molar refractivity (Wildman–Crippen MR) is 135 cm³/mol. The van der Waals surface area contributed by atoms with Gasteiger partial charge in [0.05, 0.1) is 26.0 Å². The van der Waals surface area contributed by atoms with Crippen LogP contribution in [0.4, 0.5) is 0 Å². The van der Waals surface area contributed by atoms with Crippen LogP contribution in [0.1, 0.15) is 27.0 Å². The lowest BCUT2D eigenvalue weighted by atomic mass is 10.1. The van der Waals surface area contributed by atoms with E-state index in [4.69, 9.17) is 9.47 Å². The molecule has 0 saturated carbocycles. The van der Waals surface area contributed by atoms with Crippen molar-refractivity contribution >= 4 is 57.3 Å². The highest BCUT2D eigenvalue weighted by Gasteiger charge is 2.12. The summed E-state index contributed by atoms with van der Waals surface area (Å²) >= 11 is 4.49. The van der Waals surface area contributed by atoms with Crippen LogP contribution in [-0.4, -0.2) is 19.2 Å². The normalized spacial score (nSPS) is 10.8. The summed E-state index contributed by atoms with van der Waals surface area (Å²) in [6.07, 6.45) is 1.61. The Hall–Kier alpha value is -2.14. The summed E-state index contributed by atoms with van der Waals surface area (Å²) in [5.41, 5.74) is 6.00. The van der Waals surface area contributed by atoms with Gasteiger partial charge in [-0.1, -0.05) is 36.4 Å². The third-order valence-electron chi connectivity index (χ3n) is 4.23. The predicted octanol–water partition coefficient (Wildman–Crippen LogP) is 5.56. The van der Waals surface area contributed by atoms with Gasteiger partial charge in [0.2, 0.25) is 0 Å². The second-order valence-electron chi connectivity index (χ2n) is 6.49. The molecule has 0 saturated heterocycles. The molecule has 0 fully saturated rings. The van der Waals surface area contributed by atoms with E-state index < -0.39 is 0 Å². The van der Waals surface area contributed by atoms with Crippen molar-refractivity contribution in [3.05, 3.63) is 90.1 Å². The van der Waals surface area contributed by atoms with Gasteiger partial charge in [-0.25, -0.2) is 5.43 Å². The van der Waals surface area contributed by atoms with Crippen LogP contribution >= 0.6 is 45.2 Å². The first-order valence-electron chi connectivity index (χ1n) is 9.11. The number of halogens is 2. The average Bonchev–Trinajstić information content (AvgIpc) is 2.73. The Bertz CT molecular complexity index is 1050. The minimum atomic E-state index is -0.324. The van der Waals surface area contributed by atoms with Gasteiger partial charge in [-0.15, -0.1) is 0 Å². The molecule has 0 atom stereocenters. The largest absolute Gasteiger partial charge is 0.496 e. The Balaban J connectivity index is 1.67. The summed E-state index contributed by atoms with van der Waals surface area (Å²) in [4.78, 5) is 12.4. The van der Waals surface area contributed by atoms with Crippen LogP contribution in [-0.2, 0) is 6.61 Å². The number of amides is 1. The number of benzene rings is 3. The molecule has 5 nitrogen and oxygen atoms in total. The minimum Gasteiger partial charge on any atom is -0.496 e. The molecular formula is C23H20I2N2O3. The number of hydrazone groups is 1. The van der Waals surface area contributed by atoms with E-state index in [1.54, 1.807) is 19.4 Å². The van der Waals surface area contributed by atoms with Gasteiger partial charge in [-0.2, -0.15) is 5.10 Å². The number of carbonyl (C=O) groups is 1. The molecule has 7 heteroatoms. The number of nitrogens with zero attached hydrogens (tertiary/aromatic N) is 1. The number of nitrogens with one attached hydrogen (secondary N) is 1. The molecule has 3 aromatic carbocycles. The second-order valence-corrected chi connectivity index (χ2v) is 8.82. The highest BCUT2D eigenvalue weighted by atomic mass is 127. The van der Waals surface area contributed by atoms with Crippen LogP contribution in [0.5, 0.6) is 11.5 Å². The molecule has 1 N–H and O–H groups in total. The van der Waals surface area contributed by atoms with E-state index in [-0.39, 0.29) is 5.91 Å². The fraction of sp³-hybridized carbons (Fsp3) is 0.130. The highest BCUT2D eigenvalue weighted by Crippen LogP contribution is 2.29. The molecule has 0 unspecified atom stereocenters. The van der Waals surface area contributed by atoms with Gasteiger partial charge in [-0.05, 0) is 93.1 Å². The van der Waals surface area contributed by atoms with E-state index in [0.29, 0.717) is 17.9 Å². The zero-order chi connectivity index (χ0) is 21.5. The minimum absolute atomic E-state index is 0.324. The average molecular weight is 626 g/mol. The van der Waals surface area contributed by atoms with Gasteiger partial charge in [0.15, 0.2) is 0 Å². The standard InChI is InChI=1S/C23H20I2N2O3/c1-15-8-9-18(21(10-15)29-2)23(28)27-26-13-17-11-19(24)22(20(25)12-17)30-14-16-6-4-3-5-7-16/h3-13H,14H2,1-2H3,(H,27,28)/b26-13-. The smallest absolute Gasteiger partial charge is 0.275 e. The maximum Gasteiger partial charge on any atom is 0.275 e.